The minimum Gasteiger partial charge on any atom is -0.506 e. The average molecular weight is 246 g/mol. The number of fused-ring (bicyclic) bond motifs is 1. The number of nitrogens with one attached hydrogen (secondary N) is 1. The van der Waals surface area contributed by atoms with Gasteiger partial charge in [-0.3, -0.25) is 0 Å². The lowest BCUT2D eigenvalue weighted by Crippen LogP contribution is -2.09. The van der Waals surface area contributed by atoms with Crippen molar-refractivity contribution in [1.82, 2.24) is 5.32 Å². The number of nitroso groups, excluding NO2 is 1. The molecule has 4 nitrogen and oxygen atoms in total. The van der Waals surface area contributed by atoms with Crippen LogP contribution in [0.3, 0.4) is 0 Å². The van der Waals surface area contributed by atoms with Crippen molar-refractivity contribution in [2.45, 2.75) is 13.8 Å². The summed E-state index contributed by atoms with van der Waals surface area (Å²) < 4.78 is 0. The Balaban J connectivity index is 0.000000280. The minimum absolute atomic E-state index is 0.0753. The molecule has 0 saturated heterocycles. The molecule has 2 rings (SSSR count). The highest BCUT2D eigenvalue weighted by Crippen LogP contribution is 2.34. The summed E-state index contributed by atoms with van der Waals surface area (Å²) in [5.41, 5.74) is 0.109. The number of phenols is 1. The van der Waals surface area contributed by atoms with Crippen molar-refractivity contribution in [3.8, 4) is 5.75 Å². The van der Waals surface area contributed by atoms with Gasteiger partial charge in [-0.15, -0.1) is 4.91 Å². The van der Waals surface area contributed by atoms with E-state index in [0.717, 1.165) is 18.5 Å². The van der Waals surface area contributed by atoms with Crippen LogP contribution in [0.15, 0.2) is 41.6 Å². The zero-order valence-electron chi connectivity index (χ0n) is 10.7. The van der Waals surface area contributed by atoms with E-state index in [2.05, 4.69) is 24.3 Å². The molecular formula is C14H18N2O2. The van der Waals surface area contributed by atoms with Crippen molar-refractivity contribution in [1.29, 1.82) is 0 Å². The van der Waals surface area contributed by atoms with Gasteiger partial charge in [-0.1, -0.05) is 44.2 Å². The Morgan fingerprint density at radius 3 is 2.33 bits per heavy atom. The Bertz CT molecular complexity index is 510. The second-order valence-electron chi connectivity index (χ2n) is 3.70. The normalized spacial score (nSPS) is 9.67. The van der Waals surface area contributed by atoms with Crippen molar-refractivity contribution in [3.05, 3.63) is 41.3 Å². The van der Waals surface area contributed by atoms with Crippen LogP contribution >= 0.6 is 0 Å². The van der Waals surface area contributed by atoms with Crippen molar-refractivity contribution in [2.75, 3.05) is 13.1 Å². The quantitative estimate of drug-likeness (QED) is 0.814. The van der Waals surface area contributed by atoms with E-state index in [1.807, 2.05) is 12.1 Å². The van der Waals surface area contributed by atoms with Crippen LogP contribution in [0, 0.1) is 4.91 Å². The molecule has 2 aromatic carbocycles. The molecule has 0 amide bonds. The maximum Gasteiger partial charge on any atom is 0.157 e. The van der Waals surface area contributed by atoms with Gasteiger partial charge in [0, 0.05) is 5.39 Å². The maximum absolute atomic E-state index is 10.4. The van der Waals surface area contributed by atoms with Gasteiger partial charge in [0.25, 0.3) is 0 Å². The third-order valence-electron chi connectivity index (χ3n) is 2.47. The molecule has 0 atom stereocenters. The summed E-state index contributed by atoms with van der Waals surface area (Å²) in [6.45, 7) is 6.39. The predicted molar refractivity (Wildman–Crippen MR) is 75.3 cm³/mol. The lowest BCUT2D eigenvalue weighted by molar-refractivity contribution is 0.477. The summed E-state index contributed by atoms with van der Waals surface area (Å²) in [5, 5.41) is 16.8. The molecule has 0 bridgehead atoms. The first-order valence-corrected chi connectivity index (χ1v) is 5.99. The topological polar surface area (TPSA) is 61.7 Å². The first-order valence-electron chi connectivity index (χ1n) is 5.99. The smallest absolute Gasteiger partial charge is 0.157 e. The minimum atomic E-state index is -0.0753. The van der Waals surface area contributed by atoms with Crippen LogP contribution < -0.4 is 5.32 Å². The number of hydrogen-bond donors (Lipinski definition) is 2. The van der Waals surface area contributed by atoms with Gasteiger partial charge in [0.05, 0.1) is 0 Å². The number of phenolic OH excluding ortho intramolecular Hbond substituents is 1. The molecule has 0 fully saturated rings. The second-order valence-corrected chi connectivity index (χ2v) is 3.70. The van der Waals surface area contributed by atoms with E-state index in [1.54, 1.807) is 18.2 Å². The van der Waals surface area contributed by atoms with Crippen molar-refractivity contribution in [2.24, 2.45) is 5.18 Å². The van der Waals surface area contributed by atoms with Crippen LogP contribution in [0.2, 0.25) is 0 Å². The highest BCUT2D eigenvalue weighted by Gasteiger charge is 2.05. The van der Waals surface area contributed by atoms with E-state index in [9.17, 15) is 10.0 Å². The third kappa shape index (κ3) is 3.53. The van der Waals surface area contributed by atoms with E-state index >= 15 is 0 Å². The lowest BCUT2D eigenvalue weighted by atomic mass is 10.1. The molecule has 96 valence electrons. The Morgan fingerprint density at radius 2 is 1.78 bits per heavy atom. The largest absolute Gasteiger partial charge is 0.506 e. The monoisotopic (exact) mass is 246 g/mol. The summed E-state index contributed by atoms with van der Waals surface area (Å²) in [6, 6.07) is 10.5. The van der Waals surface area contributed by atoms with Crippen LogP contribution in [0.5, 0.6) is 5.75 Å². The van der Waals surface area contributed by atoms with E-state index < -0.39 is 0 Å². The molecule has 0 unspecified atom stereocenters. The number of benzene rings is 2. The van der Waals surface area contributed by atoms with Crippen LogP contribution in [0.4, 0.5) is 5.69 Å². The van der Waals surface area contributed by atoms with Crippen LogP contribution in [-0.2, 0) is 0 Å². The lowest BCUT2D eigenvalue weighted by Gasteiger charge is -2.00. The summed E-state index contributed by atoms with van der Waals surface area (Å²) in [7, 11) is 0. The number of hydrogen-bond acceptors (Lipinski definition) is 4. The molecule has 0 aromatic heterocycles. The van der Waals surface area contributed by atoms with E-state index in [1.165, 1.54) is 6.07 Å². The van der Waals surface area contributed by atoms with E-state index in [0.29, 0.717) is 5.39 Å². The molecule has 0 aliphatic carbocycles. The maximum atomic E-state index is 10.4. The van der Waals surface area contributed by atoms with Crippen LogP contribution in [0.1, 0.15) is 13.8 Å². The Hall–Kier alpha value is -1.94. The number of rotatable bonds is 3. The fourth-order valence-corrected chi connectivity index (χ4v) is 1.59. The van der Waals surface area contributed by atoms with Crippen molar-refractivity contribution in [3.63, 3.8) is 0 Å². The molecule has 0 aliphatic rings. The fraction of sp³-hybridized carbons (Fsp3) is 0.286. The fourth-order valence-electron chi connectivity index (χ4n) is 1.59. The Labute approximate surface area is 107 Å². The van der Waals surface area contributed by atoms with Gasteiger partial charge in [0.1, 0.15) is 5.75 Å². The molecule has 2 aromatic rings. The van der Waals surface area contributed by atoms with Gasteiger partial charge in [-0.2, -0.15) is 0 Å². The molecule has 4 heteroatoms. The zero-order valence-corrected chi connectivity index (χ0v) is 10.7. The molecule has 0 saturated carbocycles. The van der Waals surface area contributed by atoms with Crippen molar-refractivity contribution < 1.29 is 5.11 Å². The van der Waals surface area contributed by atoms with Crippen LogP contribution in [-0.4, -0.2) is 18.2 Å². The summed E-state index contributed by atoms with van der Waals surface area (Å²) >= 11 is 0. The van der Waals surface area contributed by atoms with Crippen LogP contribution in [0.25, 0.3) is 10.8 Å². The molecule has 18 heavy (non-hydrogen) atoms. The van der Waals surface area contributed by atoms with Gasteiger partial charge >= 0.3 is 0 Å². The van der Waals surface area contributed by atoms with Gasteiger partial charge < -0.3 is 10.4 Å². The zero-order chi connectivity index (χ0) is 13.4. The van der Waals surface area contributed by atoms with E-state index in [-0.39, 0.29) is 11.4 Å². The van der Waals surface area contributed by atoms with Gasteiger partial charge in [-0.25, -0.2) is 0 Å². The molecular weight excluding hydrogens is 228 g/mol. The highest BCUT2D eigenvalue weighted by molar-refractivity contribution is 5.95. The molecule has 0 spiro atoms. The standard InChI is InChI=1S/C10H7NO2.C4H11N/c12-9-6-5-7-3-1-2-4-8(7)10(9)11-13;1-3-5-4-2/h1-6,12H;5H,3-4H2,1-2H3. The highest BCUT2D eigenvalue weighted by atomic mass is 16.3. The summed E-state index contributed by atoms with van der Waals surface area (Å²) in [6.07, 6.45) is 0. The average Bonchev–Trinajstić information content (AvgIpc) is 2.40. The first kappa shape index (κ1) is 14.1. The number of nitrogens with zero attached hydrogens (tertiary/aromatic N) is 1. The second kappa shape index (κ2) is 7.40. The molecule has 0 heterocycles. The predicted octanol–water partition coefficient (Wildman–Crippen LogP) is 3.56. The Morgan fingerprint density at radius 1 is 1.11 bits per heavy atom. The van der Waals surface area contributed by atoms with Gasteiger partial charge in [0.2, 0.25) is 0 Å². The summed E-state index contributed by atoms with van der Waals surface area (Å²) in [5.74, 6) is -0.0753. The first-order chi connectivity index (χ1) is 8.74. The summed E-state index contributed by atoms with van der Waals surface area (Å²) in [4.78, 5) is 10.4. The Kier molecular flexibility index (Phi) is 5.80. The van der Waals surface area contributed by atoms with Gasteiger partial charge in [0.15, 0.2) is 5.69 Å². The van der Waals surface area contributed by atoms with Gasteiger partial charge in [-0.05, 0) is 29.7 Å². The molecule has 2 N–H and O–H groups in total. The molecule has 0 radical (unpaired) electrons. The van der Waals surface area contributed by atoms with Crippen molar-refractivity contribution >= 4 is 16.5 Å². The third-order valence-corrected chi connectivity index (χ3v) is 2.47. The van der Waals surface area contributed by atoms with E-state index in [4.69, 9.17) is 0 Å². The molecule has 0 aliphatic heterocycles. The number of aromatic hydroxyl groups is 1. The SMILES string of the molecule is CCNCC.O=Nc1c(O)ccc2ccccc12.